The highest BCUT2D eigenvalue weighted by atomic mass is 32.2. The number of carbonyl (C=O) groups excluding carboxylic acids is 1. The van der Waals surface area contributed by atoms with Crippen LogP contribution in [0.5, 0.6) is 0 Å². The predicted octanol–water partition coefficient (Wildman–Crippen LogP) is 2.59. The lowest BCUT2D eigenvalue weighted by molar-refractivity contribution is 0.0780. The summed E-state index contributed by atoms with van der Waals surface area (Å²) in [6.45, 7) is 0.576. The van der Waals surface area contributed by atoms with E-state index in [0.29, 0.717) is 17.9 Å². The molecule has 0 fully saturated rings. The van der Waals surface area contributed by atoms with Gasteiger partial charge in [-0.15, -0.1) is 11.8 Å². The van der Waals surface area contributed by atoms with E-state index in [4.69, 9.17) is 5.73 Å². The van der Waals surface area contributed by atoms with Crippen LogP contribution in [0.25, 0.3) is 0 Å². The van der Waals surface area contributed by atoms with Gasteiger partial charge in [-0.3, -0.25) is 4.79 Å². The van der Waals surface area contributed by atoms with Crippen LogP contribution in [0.15, 0.2) is 41.4 Å². The minimum absolute atomic E-state index is 0.0642. The SMILES string of the molecule is CSc1ccc(CN(C)C(=O)c2cc(N)c[nH]2)cc1. The van der Waals surface area contributed by atoms with E-state index < -0.39 is 0 Å². The van der Waals surface area contributed by atoms with E-state index in [0.717, 1.165) is 5.56 Å². The zero-order valence-corrected chi connectivity index (χ0v) is 11.8. The van der Waals surface area contributed by atoms with Crippen molar-refractivity contribution in [2.24, 2.45) is 0 Å². The number of amides is 1. The maximum atomic E-state index is 12.1. The van der Waals surface area contributed by atoms with Crippen molar-refractivity contribution in [3.63, 3.8) is 0 Å². The molecule has 1 aromatic carbocycles. The number of rotatable bonds is 4. The average Bonchev–Trinajstić information content (AvgIpc) is 2.85. The first-order valence-electron chi connectivity index (χ1n) is 5.92. The third kappa shape index (κ3) is 3.32. The molecule has 0 aliphatic carbocycles. The van der Waals surface area contributed by atoms with Crippen LogP contribution in [0.2, 0.25) is 0 Å². The number of carbonyl (C=O) groups is 1. The van der Waals surface area contributed by atoms with Crippen LogP contribution in [-0.4, -0.2) is 29.1 Å². The molecule has 0 spiro atoms. The second-order valence-corrected chi connectivity index (χ2v) is 5.24. The Balaban J connectivity index is 2.03. The lowest BCUT2D eigenvalue weighted by Crippen LogP contribution is -2.26. The molecule has 0 aliphatic rings. The van der Waals surface area contributed by atoms with Crippen molar-refractivity contribution in [3.8, 4) is 0 Å². The van der Waals surface area contributed by atoms with Gasteiger partial charge >= 0.3 is 0 Å². The first kappa shape index (κ1) is 13.5. The number of nitrogens with two attached hydrogens (primary N) is 1. The number of hydrogen-bond donors (Lipinski definition) is 2. The van der Waals surface area contributed by atoms with Gasteiger partial charge in [-0.25, -0.2) is 0 Å². The molecule has 2 rings (SSSR count). The topological polar surface area (TPSA) is 62.1 Å². The highest BCUT2D eigenvalue weighted by Crippen LogP contribution is 2.16. The van der Waals surface area contributed by atoms with Gasteiger partial charge in [0, 0.05) is 30.4 Å². The summed E-state index contributed by atoms with van der Waals surface area (Å²) in [6.07, 6.45) is 3.66. The maximum absolute atomic E-state index is 12.1. The molecule has 0 bridgehead atoms. The van der Waals surface area contributed by atoms with Gasteiger partial charge < -0.3 is 15.6 Å². The molecule has 1 aromatic heterocycles. The fourth-order valence-corrected chi connectivity index (χ4v) is 2.23. The molecule has 0 unspecified atom stereocenters. The van der Waals surface area contributed by atoms with Crippen LogP contribution >= 0.6 is 11.8 Å². The number of nitrogens with zero attached hydrogens (tertiary/aromatic N) is 1. The number of anilines is 1. The summed E-state index contributed by atoms with van der Waals surface area (Å²) in [4.78, 5) is 17.9. The molecule has 0 saturated heterocycles. The first-order valence-corrected chi connectivity index (χ1v) is 7.15. The maximum Gasteiger partial charge on any atom is 0.270 e. The zero-order chi connectivity index (χ0) is 13.8. The molecule has 0 radical (unpaired) electrons. The Kier molecular flexibility index (Phi) is 4.16. The van der Waals surface area contributed by atoms with E-state index in [1.165, 1.54) is 4.90 Å². The van der Waals surface area contributed by atoms with E-state index in [1.807, 2.05) is 18.4 Å². The molecule has 0 aliphatic heterocycles. The summed E-state index contributed by atoms with van der Waals surface area (Å²) in [5.41, 5.74) is 7.79. The third-order valence-corrected chi connectivity index (χ3v) is 3.60. The van der Waals surface area contributed by atoms with Crippen molar-refractivity contribution in [2.45, 2.75) is 11.4 Å². The van der Waals surface area contributed by atoms with Gasteiger partial charge in [-0.05, 0) is 30.0 Å². The minimum Gasteiger partial charge on any atom is -0.397 e. The smallest absolute Gasteiger partial charge is 0.270 e. The van der Waals surface area contributed by atoms with E-state index in [1.54, 1.807) is 36.0 Å². The molecule has 19 heavy (non-hydrogen) atoms. The second kappa shape index (κ2) is 5.84. The molecular weight excluding hydrogens is 258 g/mol. The average molecular weight is 275 g/mol. The normalized spacial score (nSPS) is 10.4. The Labute approximate surface area is 117 Å². The molecule has 0 atom stereocenters. The minimum atomic E-state index is -0.0642. The fraction of sp³-hybridized carbons (Fsp3) is 0.214. The van der Waals surface area contributed by atoms with E-state index in [2.05, 4.69) is 17.1 Å². The zero-order valence-electron chi connectivity index (χ0n) is 11.0. The number of nitrogens with one attached hydrogen (secondary N) is 1. The Bertz CT molecular complexity index is 562. The summed E-state index contributed by atoms with van der Waals surface area (Å²) < 4.78 is 0. The Morgan fingerprint density at radius 3 is 2.58 bits per heavy atom. The number of aromatic nitrogens is 1. The monoisotopic (exact) mass is 275 g/mol. The van der Waals surface area contributed by atoms with Gasteiger partial charge in [0.2, 0.25) is 0 Å². The molecule has 5 heteroatoms. The van der Waals surface area contributed by atoms with Crippen LogP contribution in [0.4, 0.5) is 5.69 Å². The van der Waals surface area contributed by atoms with Crippen molar-refractivity contribution in [1.82, 2.24) is 9.88 Å². The molecule has 1 amide bonds. The van der Waals surface area contributed by atoms with Gasteiger partial charge in [0.15, 0.2) is 0 Å². The first-order chi connectivity index (χ1) is 9.10. The molecule has 1 heterocycles. The van der Waals surface area contributed by atoms with Crippen LogP contribution in [0.3, 0.4) is 0 Å². The van der Waals surface area contributed by atoms with Crippen LogP contribution < -0.4 is 5.73 Å². The lowest BCUT2D eigenvalue weighted by Gasteiger charge is -2.16. The van der Waals surface area contributed by atoms with Crippen molar-refractivity contribution in [2.75, 3.05) is 19.0 Å². The molecule has 2 aromatic rings. The van der Waals surface area contributed by atoms with Gasteiger partial charge in [0.25, 0.3) is 5.91 Å². The second-order valence-electron chi connectivity index (χ2n) is 4.36. The van der Waals surface area contributed by atoms with Gasteiger partial charge in [-0.2, -0.15) is 0 Å². The molecule has 100 valence electrons. The highest BCUT2D eigenvalue weighted by Gasteiger charge is 2.13. The van der Waals surface area contributed by atoms with Crippen molar-refractivity contribution >= 4 is 23.4 Å². The van der Waals surface area contributed by atoms with E-state index in [9.17, 15) is 4.79 Å². The number of aromatic amines is 1. The van der Waals surface area contributed by atoms with Crippen molar-refractivity contribution < 1.29 is 4.79 Å². The molecular formula is C14H17N3OS. The lowest BCUT2D eigenvalue weighted by atomic mass is 10.2. The van der Waals surface area contributed by atoms with Crippen LogP contribution in [-0.2, 0) is 6.54 Å². The van der Waals surface area contributed by atoms with E-state index in [-0.39, 0.29) is 5.91 Å². The summed E-state index contributed by atoms with van der Waals surface area (Å²) >= 11 is 1.70. The van der Waals surface area contributed by atoms with E-state index >= 15 is 0 Å². The van der Waals surface area contributed by atoms with Crippen LogP contribution in [0.1, 0.15) is 16.1 Å². The number of nitrogen functional groups attached to an aromatic ring is 1. The fourth-order valence-electron chi connectivity index (χ4n) is 1.82. The van der Waals surface area contributed by atoms with Gasteiger partial charge in [0.05, 0.1) is 0 Å². The number of benzene rings is 1. The Hall–Kier alpha value is -1.88. The molecule has 4 nitrogen and oxygen atoms in total. The van der Waals surface area contributed by atoms with Crippen molar-refractivity contribution in [3.05, 3.63) is 47.8 Å². The standard InChI is InChI=1S/C14H17N3OS/c1-17(14(18)13-7-11(15)8-16-13)9-10-3-5-12(19-2)6-4-10/h3-8,16H,9,15H2,1-2H3. The quantitative estimate of drug-likeness (QED) is 0.843. The van der Waals surface area contributed by atoms with Crippen LogP contribution in [0, 0.1) is 0 Å². The summed E-state index contributed by atoms with van der Waals surface area (Å²) in [5, 5.41) is 0. The van der Waals surface area contributed by atoms with Gasteiger partial charge in [-0.1, -0.05) is 12.1 Å². The molecule has 3 N–H and O–H groups in total. The third-order valence-electron chi connectivity index (χ3n) is 2.86. The van der Waals surface area contributed by atoms with Gasteiger partial charge in [0.1, 0.15) is 5.69 Å². The largest absolute Gasteiger partial charge is 0.397 e. The number of thioether (sulfide) groups is 1. The summed E-state index contributed by atoms with van der Waals surface area (Å²) in [7, 11) is 1.78. The number of hydrogen-bond acceptors (Lipinski definition) is 3. The Morgan fingerprint density at radius 2 is 2.05 bits per heavy atom. The molecule has 0 saturated carbocycles. The predicted molar refractivity (Wildman–Crippen MR) is 79.2 cm³/mol. The highest BCUT2D eigenvalue weighted by molar-refractivity contribution is 7.98. The Morgan fingerprint density at radius 1 is 1.37 bits per heavy atom. The number of H-pyrrole nitrogens is 1. The summed E-state index contributed by atoms with van der Waals surface area (Å²) in [6, 6.07) is 9.85. The summed E-state index contributed by atoms with van der Waals surface area (Å²) in [5.74, 6) is -0.0642. The van der Waals surface area contributed by atoms with Crippen molar-refractivity contribution in [1.29, 1.82) is 0 Å².